The summed E-state index contributed by atoms with van der Waals surface area (Å²) in [5.41, 5.74) is 0. The van der Waals surface area contributed by atoms with Crippen LogP contribution in [0.4, 0.5) is 0 Å². The average Bonchev–Trinajstić information content (AvgIpc) is 2.78. The van der Waals surface area contributed by atoms with Crippen molar-refractivity contribution < 1.29 is 32.8 Å². The van der Waals surface area contributed by atoms with Gasteiger partial charge in [-0.05, 0) is 32.1 Å². The maximum atomic E-state index is 11.8. The maximum Gasteiger partial charge on any atom is 0.472 e. The summed E-state index contributed by atoms with van der Waals surface area (Å²) in [6, 6.07) is 0. The number of quaternary nitrogens is 1. The molecule has 2 N–H and O–H groups in total. The Bertz CT molecular complexity index is 538. The molecule has 0 saturated heterocycles. The first-order chi connectivity index (χ1) is 16.7. The van der Waals surface area contributed by atoms with E-state index in [1.165, 1.54) is 83.5 Å². The van der Waals surface area contributed by atoms with Crippen molar-refractivity contribution in [2.75, 3.05) is 54.1 Å². The highest BCUT2D eigenvalue weighted by Gasteiger charge is 2.24. The van der Waals surface area contributed by atoms with E-state index in [2.05, 4.69) is 19.1 Å². The van der Waals surface area contributed by atoms with Crippen LogP contribution in [0.25, 0.3) is 0 Å². The Labute approximate surface area is 216 Å². The standard InChI is InChI=1S/C27H56NO6P/c1-5-6-7-8-9-10-11-12-13-14-15-16-17-18-19-20-21-23-32-25-27(29)26-34-35(30,31)33-24-22-28(2,3)4/h13-14,27,29H,5-12,15-26H2,1-4H3/p+1/b14-13-. The first-order valence-corrected chi connectivity index (χ1v) is 15.5. The normalized spacial score (nSPS) is 15.0. The summed E-state index contributed by atoms with van der Waals surface area (Å²) in [5, 5.41) is 9.86. The molecule has 0 aromatic carbocycles. The van der Waals surface area contributed by atoms with Crippen molar-refractivity contribution in [2.45, 2.75) is 109 Å². The number of hydrogen-bond donors (Lipinski definition) is 2. The molecule has 0 aromatic heterocycles. The van der Waals surface area contributed by atoms with Crippen LogP contribution in [0, 0.1) is 0 Å². The number of likely N-dealkylation sites (N-methyl/N-ethyl adjacent to an activating group) is 1. The number of allylic oxidation sites excluding steroid dienone is 2. The first-order valence-electron chi connectivity index (χ1n) is 14.0. The summed E-state index contributed by atoms with van der Waals surface area (Å²) in [4.78, 5) is 9.64. The lowest BCUT2D eigenvalue weighted by molar-refractivity contribution is -0.870. The van der Waals surface area contributed by atoms with Gasteiger partial charge < -0.3 is 19.2 Å². The minimum Gasteiger partial charge on any atom is -0.388 e. The van der Waals surface area contributed by atoms with Gasteiger partial charge in [0.2, 0.25) is 0 Å². The number of unbranched alkanes of at least 4 members (excludes halogenated alkanes) is 13. The lowest BCUT2D eigenvalue weighted by Gasteiger charge is -2.24. The van der Waals surface area contributed by atoms with E-state index in [-0.39, 0.29) is 19.8 Å². The Morgan fingerprint density at radius 2 is 1.26 bits per heavy atom. The minimum atomic E-state index is -4.14. The maximum absolute atomic E-state index is 11.8. The molecule has 7 nitrogen and oxygen atoms in total. The van der Waals surface area contributed by atoms with Crippen molar-refractivity contribution in [3.63, 3.8) is 0 Å². The van der Waals surface area contributed by atoms with Crippen LogP contribution < -0.4 is 0 Å². The molecule has 0 aromatic rings. The number of nitrogens with zero attached hydrogens (tertiary/aromatic N) is 1. The molecule has 0 aliphatic rings. The number of ether oxygens (including phenoxy) is 1. The number of phosphoric ester groups is 1. The van der Waals surface area contributed by atoms with E-state index < -0.39 is 13.9 Å². The fourth-order valence-corrected chi connectivity index (χ4v) is 4.29. The Hall–Kier alpha value is -0.270. The molecule has 0 bridgehead atoms. The van der Waals surface area contributed by atoms with Crippen molar-refractivity contribution in [3.8, 4) is 0 Å². The molecular formula is C27H57NO6P+. The quantitative estimate of drug-likeness (QED) is 0.0574. The van der Waals surface area contributed by atoms with Gasteiger partial charge in [0.05, 0.1) is 34.4 Å². The molecule has 0 amide bonds. The summed E-state index contributed by atoms with van der Waals surface area (Å²) in [6.45, 7) is 3.34. The average molecular weight is 523 g/mol. The lowest BCUT2D eigenvalue weighted by atomic mass is 10.1. The third-order valence-corrected chi connectivity index (χ3v) is 6.79. The fourth-order valence-electron chi connectivity index (χ4n) is 3.54. The van der Waals surface area contributed by atoms with Gasteiger partial charge in [-0.15, -0.1) is 0 Å². The zero-order chi connectivity index (χ0) is 26.3. The fraction of sp³-hybridized carbons (Fsp3) is 0.926. The number of hydrogen-bond acceptors (Lipinski definition) is 5. The monoisotopic (exact) mass is 522 g/mol. The van der Waals surface area contributed by atoms with Crippen LogP contribution >= 0.6 is 7.82 Å². The summed E-state index contributed by atoms with van der Waals surface area (Å²) in [6.07, 6.45) is 22.9. The molecule has 0 aliphatic heterocycles. The molecule has 210 valence electrons. The van der Waals surface area contributed by atoms with Gasteiger partial charge in [0.25, 0.3) is 0 Å². The highest BCUT2D eigenvalue weighted by Crippen LogP contribution is 2.43. The topological polar surface area (TPSA) is 85.2 Å². The molecule has 0 spiro atoms. The summed E-state index contributed by atoms with van der Waals surface area (Å²) < 4.78 is 27.6. The van der Waals surface area contributed by atoms with Crippen LogP contribution in [0.3, 0.4) is 0 Å². The largest absolute Gasteiger partial charge is 0.472 e. The molecule has 0 aliphatic carbocycles. The number of aliphatic hydroxyl groups excluding tert-OH is 1. The Morgan fingerprint density at radius 1 is 0.743 bits per heavy atom. The van der Waals surface area contributed by atoms with E-state index in [4.69, 9.17) is 13.8 Å². The molecule has 2 unspecified atom stereocenters. The van der Waals surface area contributed by atoms with Gasteiger partial charge in [-0.25, -0.2) is 4.57 Å². The molecule has 8 heteroatoms. The lowest BCUT2D eigenvalue weighted by Crippen LogP contribution is -2.37. The van der Waals surface area contributed by atoms with E-state index in [9.17, 15) is 14.6 Å². The van der Waals surface area contributed by atoms with Crippen molar-refractivity contribution in [2.24, 2.45) is 0 Å². The third-order valence-electron chi connectivity index (χ3n) is 5.81. The van der Waals surface area contributed by atoms with Gasteiger partial charge in [-0.2, -0.15) is 0 Å². The van der Waals surface area contributed by atoms with Crippen LogP contribution in [0.2, 0.25) is 0 Å². The minimum absolute atomic E-state index is 0.0874. The van der Waals surface area contributed by atoms with Gasteiger partial charge in [0, 0.05) is 6.61 Å². The third kappa shape index (κ3) is 28.2. The van der Waals surface area contributed by atoms with E-state index in [0.717, 1.165) is 12.8 Å². The zero-order valence-corrected chi connectivity index (χ0v) is 24.2. The second-order valence-electron chi connectivity index (χ2n) is 10.6. The second-order valence-corrected chi connectivity index (χ2v) is 12.1. The molecule has 0 saturated carbocycles. The smallest absolute Gasteiger partial charge is 0.388 e. The molecule has 0 rings (SSSR count). The molecule has 35 heavy (non-hydrogen) atoms. The molecule has 0 radical (unpaired) electrons. The SMILES string of the molecule is CCCCCCCCC/C=C\CCCCCCCCOCC(O)COP(=O)(O)OCC[N+](C)(C)C. The Morgan fingerprint density at radius 3 is 1.80 bits per heavy atom. The molecular weight excluding hydrogens is 465 g/mol. The predicted molar refractivity (Wildman–Crippen MR) is 146 cm³/mol. The van der Waals surface area contributed by atoms with Gasteiger partial charge in [0.1, 0.15) is 19.3 Å². The van der Waals surface area contributed by atoms with Crippen molar-refractivity contribution in [1.82, 2.24) is 0 Å². The van der Waals surface area contributed by atoms with Gasteiger partial charge in [-0.1, -0.05) is 83.3 Å². The van der Waals surface area contributed by atoms with Crippen LogP contribution in [0.1, 0.15) is 103 Å². The molecule has 0 heterocycles. The van der Waals surface area contributed by atoms with E-state index in [1.54, 1.807) is 0 Å². The van der Waals surface area contributed by atoms with Gasteiger partial charge in [-0.3, -0.25) is 9.05 Å². The Kier molecular flexibility index (Phi) is 22.7. The zero-order valence-electron chi connectivity index (χ0n) is 23.3. The first kappa shape index (κ1) is 34.7. The molecule has 2 atom stereocenters. The van der Waals surface area contributed by atoms with Gasteiger partial charge >= 0.3 is 7.82 Å². The van der Waals surface area contributed by atoms with E-state index >= 15 is 0 Å². The predicted octanol–water partition coefficient (Wildman–Crippen LogP) is 6.63. The van der Waals surface area contributed by atoms with Crippen LogP contribution in [-0.2, 0) is 18.3 Å². The van der Waals surface area contributed by atoms with Crippen molar-refractivity contribution in [1.29, 1.82) is 0 Å². The highest BCUT2D eigenvalue weighted by molar-refractivity contribution is 7.47. The number of rotatable bonds is 26. The second kappa shape index (κ2) is 22.9. The number of phosphoric acid groups is 1. The highest BCUT2D eigenvalue weighted by atomic mass is 31.2. The van der Waals surface area contributed by atoms with Crippen molar-refractivity contribution in [3.05, 3.63) is 12.2 Å². The van der Waals surface area contributed by atoms with Crippen molar-refractivity contribution >= 4 is 7.82 Å². The van der Waals surface area contributed by atoms with Gasteiger partial charge in [0.15, 0.2) is 0 Å². The van der Waals surface area contributed by atoms with Crippen LogP contribution in [-0.4, -0.2) is 74.7 Å². The van der Waals surface area contributed by atoms with E-state index in [1.807, 2.05) is 21.1 Å². The summed E-state index contributed by atoms with van der Waals surface area (Å²) in [5.74, 6) is 0. The van der Waals surface area contributed by atoms with Crippen LogP contribution in [0.15, 0.2) is 12.2 Å². The molecule has 0 fully saturated rings. The summed E-state index contributed by atoms with van der Waals surface area (Å²) >= 11 is 0. The number of aliphatic hydroxyl groups is 1. The van der Waals surface area contributed by atoms with Crippen LogP contribution in [0.5, 0.6) is 0 Å². The van der Waals surface area contributed by atoms with E-state index in [0.29, 0.717) is 17.6 Å². The Balaban J connectivity index is 3.42. The summed E-state index contributed by atoms with van der Waals surface area (Å²) in [7, 11) is 1.75.